The van der Waals surface area contributed by atoms with Crippen LogP contribution >= 0.6 is 11.8 Å². The van der Waals surface area contributed by atoms with Crippen LogP contribution in [-0.2, 0) is 9.59 Å². The molecule has 6 rings (SSSR count). The molecule has 0 bridgehead atoms. The lowest BCUT2D eigenvalue weighted by Crippen LogP contribution is -2.30. The summed E-state index contributed by atoms with van der Waals surface area (Å²) in [5.41, 5.74) is 2.92. The van der Waals surface area contributed by atoms with Gasteiger partial charge in [-0.1, -0.05) is 66.7 Å². The van der Waals surface area contributed by atoms with Gasteiger partial charge in [-0.25, -0.2) is 0 Å². The Kier molecular flexibility index (Phi) is 12.4. The summed E-state index contributed by atoms with van der Waals surface area (Å²) in [4.78, 5) is 41.4. The molecule has 1 unspecified atom stereocenters. The van der Waals surface area contributed by atoms with E-state index in [1.807, 2.05) is 84.9 Å². The van der Waals surface area contributed by atoms with E-state index in [1.54, 1.807) is 86.0 Å². The summed E-state index contributed by atoms with van der Waals surface area (Å²) in [5.74, 6) is 1.23. The third kappa shape index (κ3) is 9.96. The summed E-state index contributed by atoms with van der Waals surface area (Å²) in [6, 6.07) is 47.2. The fourth-order valence-corrected chi connectivity index (χ4v) is 6.35. The van der Waals surface area contributed by atoms with Crippen molar-refractivity contribution in [1.29, 1.82) is 0 Å². The number of methoxy groups -OCH3 is 2. The topological polar surface area (TPSA) is 115 Å². The normalized spacial score (nSPS) is 11.5. The van der Waals surface area contributed by atoms with E-state index in [2.05, 4.69) is 16.0 Å². The molecule has 0 saturated heterocycles. The molecule has 6 aromatic rings. The minimum atomic E-state index is -0.575. The Labute approximate surface area is 318 Å². The zero-order valence-corrected chi connectivity index (χ0v) is 30.3. The van der Waals surface area contributed by atoms with Crippen molar-refractivity contribution in [3.63, 3.8) is 0 Å². The number of anilines is 2. The molecule has 0 radical (unpaired) electrons. The summed E-state index contributed by atoms with van der Waals surface area (Å²) < 4.78 is 16.7. The number of para-hydroxylation sites is 1. The van der Waals surface area contributed by atoms with E-state index in [0.717, 1.165) is 16.2 Å². The number of amides is 3. The van der Waals surface area contributed by atoms with Crippen molar-refractivity contribution in [1.82, 2.24) is 5.32 Å². The Bertz CT molecular complexity index is 2210. The molecule has 10 heteroatoms. The standard InChI is InChI=1S/C44H37N3O6S/c1-51-37-23-18-32(40(29-37)52-2)28-39(47-42(48)31-14-8-4-9-15-31)43(49)45-34-21-26-38(27-22-34)54-41(30-12-6-3-7-13-30)44(50)46-33-19-24-36(25-20-33)53-35-16-10-5-11-17-35/h3-29,41H,1-2H3,(H,45,49)(H,46,50)(H,47,48)/b39-28-. The number of ether oxygens (including phenoxy) is 3. The van der Waals surface area contributed by atoms with Crippen molar-refractivity contribution in [2.45, 2.75) is 10.1 Å². The zero-order chi connectivity index (χ0) is 37.7. The van der Waals surface area contributed by atoms with Crippen molar-refractivity contribution < 1.29 is 28.6 Å². The second-order valence-corrected chi connectivity index (χ2v) is 13.0. The number of hydrogen-bond donors (Lipinski definition) is 3. The molecule has 3 amide bonds. The van der Waals surface area contributed by atoms with Gasteiger partial charge in [0.05, 0.1) is 14.2 Å². The molecule has 0 fully saturated rings. The molecule has 3 N–H and O–H groups in total. The monoisotopic (exact) mass is 735 g/mol. The number of hydrogen-bond acceptors (Lipinski definition) is 7. The molecule has 54 heavy (non-hydrogen) atoms. The highest BCUT2D eigenvalue weighted by Gasteiger charge is 2.23. The average Bonchev–Trinajstić information content (AvgIpc) is 3.22. The van der Waals surface area contributed by atoms with Gasteiger partial charge in [0.1, 0.15) is 33.9 Å². The predicted molar refractivity (Wildman–Crippen MR) is 213 cm³/mol. The van der Waals surface area contributed by atoms with Gasteiger partial charge < -0.3 is 30.2 Å². The smallest absolute Gasteiger partial charge is 0.272 e. The van der Waals surface area contributed by atoms with Crippen LogP contribution in [0.1, 0.15) is 26.7 Å². The molecule has 0 heterocycles. The molecule has 0 aliphatic rings. The van der Waals surface area contributed by atoms with Gasteiger partial charge in [0.25, 0.3) is 11.8 Å². The van der Waals surface area contributed by atoms with Gasteiger partial charge in [-0.05, 0) is 96.6 Å². The van der Waals surface area contributed by atoms with E-state index in [0.29, 0.717) is 39.8 Å². The number of nitrogens with one attached hydrogen (secondary N) is 3. The molecule has 0 saturated carbocycles. The minimum absolute atomic E-state index is 0.00578. The van der Waals surface area contributed by atoms with Gasteiger partial charge in [0.15, 0.2) is 0 Å². The highest BCUT2D eigenvalue weighted by atomic mass is 32.2. The SMILES string of the molecule is COc1ccc(/C=C(\NC(=O)c2ccccc2)C(=O)Nc2ccc(SC(C(=O)Nc3ccc(Oc4ccccc4)cc3)c3ccccc3)cc2)c(OC)c1. The lowest BCUT2D eigenvalue weighted by molar-refractivity contribution is -0.116. The first-order chi connectivity index (χ1) is 26.4. The summed E-state index contributed by atoms with van der Waals surface area (Å²) in [5, 5.41) is 8.09. The largest absolute Gasteiger partial charge is 0.497 e. The minimum Gasteiger partial charge on any atom is -0.497 e. The highest BCUT2D eigenvalue weighted by molar-refractivity contribution is 8.00. The van der Waals surface area contributed by atoms with E-state index in [-0.39, 0.29) is 11.6 Å². The van der Waals surface area contributed by atoms with Crippen LogP contribution in [0.2, 0.25) is 0 Å². The second kappa shape index (κ2) is 18.1. The van der Waals surface area contributed by atoms with Gasteiger partial charge in [-0.15, -0.1) is 11.8 Å². The van der Waals surface area contributed by atoms with Crippen LogP contribution in [0.25, 0.3) is 6.08 Å². The second-order valence-electron chi connectivity index (χ2n) is 11.8. The van der Waals surface area contributed by atoms with E-state index in [4.69, 9.17) is 14.2 Å². The molecule has 6 aromatic carbocycles. The highest BCUT2D eigenvalue weighted by Crippen LogP contribution is 2.37. The first-order valence-corrected chi connectivity index (χ1v) is 17.8. The third-order valence-corrected chi connectivity index (χ3v) is 9.34. The number of carbonyl (C=O) groups is 3. The maximum absolute atomic E-state index is 13.7. The Balaban J connectivity index is 1.17. The fraction of sp³-hybridized carbons (Fsp3) is 0.0682. The van der Waals surface area contributed by atoms with Crippen molar-refractivity contribution >= 4 is 46.9 Å². The van der Waals surface area contributed by atoms with Crippen molar-refractivity contribution in [2.75, 3.05) is 24.9 Å². The lowest BCUT2D eigenvalue weighted by Gasteiger charge is -2.18. The van der Waals surface area contributed by atoms with Crippen molar-refractivity contribution in [3.05, 3.63) is 180 Å². The Morgan fingerprint density at radius 2 is 1.19 bits per heavy atom. The van der Waals surface area contributed by atoms with Crippen LogP contribution in [0.3, 0.4) is 0 Å². The van der Waals surface area contributed by atoms with Gasteiger partial charge >= 0.3 is 0 Å². The van der Waals surface area contributed by atoms with Crippen molar-refractivity contribution in [3.8, 4) is 23.0 Å². The van der Waals surface area contributed by atoms with Gasteiger partial charge in [-0.3, -0.25) is 14.4 Å². The summed E-state index contributed by atoms with van der Waals surface area (Å²) in [6.45, 7) is 0. The molecule has 270 valence electrons. The Morgan fingerprint density at radius 3 is 1.83 bits per heavy atom. The first-order valence-electron chi connectivity index (χ1n) is 17.0. The van der Waals surface area contributed by atoms with Crippen LogP contribution in [0, 0.1) is 0 Å². The number of rotatable bonds is 14. The van der Waals surface area contributed by atoms with Gasteiger partial charge in [0.2, 0.25) is 5.91 Å². The third-order valence-electron chi connectivity index (χ3n) is 8.08. The molecule has 0 aromatic heterocycles. The van der Waals surface area contributed by atoms with Crippen molar-refractivity contribution in [2.24, 2.45) is 0 Å². The number of carbonyl (C=O) groups excluding carboxylic acids is 3. The molecular formula is C44H37N3O6S. The van der Waals surface area contributed by atoms with E-state index in [9.17, 15) is 14.4 Å². The van der Waals surface area contributed by atoms with Crippen LogP contribution in [-0.4, -0.2) is 31.9 Å². The van der Waals surface area contributed by atoms with Crippen LogP contribution in [0.5, 0.6) is 23.0 Å². The van der Waals surface area contributed by atoms with E-state index in [1.165, 1.54) is 18.9 Å². The van der Waals surface area contributed by atoms with Crippen LogP contribution < -0.4 is 30.2 Å². The maximum atomic E-state index is 13.7. The summed E-state index contributed by atoms with van der Waals surface area (Å²) in [6.07, 6.45) is 1.55. The first kappa shape index (κ1) is 37.0. The molecule has 0 aliphatic carbocycles. The maximum Gasteiger partial charge on any atom is 0.272 e. The molecular weight excluding hydrogens is 699 g/mol. The molecule has 9 nitrogen and oxygen atoms in total. The van der Waals surface area contributed by atoms with Gasteiger partial charge in [-0.2, -0.15) is 0 Å². The van der Waals surface area contributed by atoms with E-state index < -0.39 is 17.1 Å². The number of benzene rings is 6. The quantitative estimate of drug-likeness (QED) is 0.0755. The lowest BCUT2D eigenvalue weighted by atomic mass is 10.1. The fourth-order valence-electron chi connectivity index (χ4n) is 5.33. The molecule has 1 atom stereocenters. The van der Waals surface area contributed by atoms with Gasteiger partial charge in [0, 0.05) is 33.5 Å². The molecule has 0 aliphatic heterocycles. The Hall–Kier alpha value is -6.78. The zero-order valence-electron chi connectivity index (χ0n) is 29.5. The Morgan fingerprint density at radius 1 is 0.611 bits per heavy atom. The van der Waals surface area contributed by atoms with Crippen LogP contribution in [0.15, 0.2) is 168 Å². The number of thioether (sulfide) groups is 1. The summed E-state index contributed by atoms with van der Waals surface area (Å²) in [7, 11) is 3.06. The van der Waals surface area contributed by atoms with E-state index >= 15 is 0 Å². The summed E-state index contributed by atoms with van der Waals surface area (Å²) >= 11 is 1.38. The average molecular weight is 736 g/mol. The predicted octanol–water partition coefficient (Wildman–Crippen LogP) is 9.38. The molecule has 0 spiro atoms. The van der Waals surface area contributed by atoms with Crippen LogP contribution in [0.4, 0.5) is 11.4 Å².